The first kappa shape index (κ1) is 22.4. The third-order valence-electron chi connectivity index (χ3n) is 5.43. The van der Waals surface area contributed by atoms with Crippen LogP contribution in [0.4, 0.5) is 5.13 Å². The van der Waals surface area contributed by atoms with Crippen molar-refractivity contribution in [2.75, 3.05) is 31.2 Å². The van der Waals surface area contributed by atoms with Crippen LogP contribution < -0.4 is 15.8 Å². The van der Waals surface area contributed by atoms with Crippen LogP contribution in [0.15, 0.2) is 29.8 Å². The van der Waals surface area contributed by atoms with Crippen molar-refractivity contribution in [3.05, 3.63) is 56.5 Å². The fraction of sp³-hybridized carbons (Fsp3) is 0.318. The molecule has 0 aromatic carbocycles. The van der Waals surface area contributed by atoms with Crippen LogP contribution in [-0.4, -0.2) is 57.9 Å². The molecular weight excluding hydrogens is 474 g/mol. The van der Waals surface area contributed by atoms with Crippen LogP contribution >= 0.6 is 22.7 Å². The molecule has 0 unspecified atom stereocenters. The number of carbonyl (C=O) groups is 2. The van der Waals surface area contributed by atoms with E-state index < -0.39 is 11.8 Å². The number of pyridine rings is 1. The number of nitrogens with zero attached hydrogens (tertiary/aromatic N) is 5. The van der Waals surface area contributed by atoms with E-state index in [0.29, 0.717) is 52.6 Å². The molecule has 4 aromatic rings. The molecule has 1 saturated heterocycles. The lowest BCUT2D eigenvalue weighted by Crippen LogP contribution is -2.41. The second-order valence-electron chi connectivity index (χ2n) is 7.85. The van der Waals surface area contributed by atoms with E-state index in [2.05, 4.69) is 30.8 Å². The molecule has 1 fully saturated rings. The summed E-state index contributed by atoms with van der Waals surface area (Å²) in [5.74, 6) is -0.839. The summed E-state index contributed by atoms with van der Waals surface area (Å²) in [4.78, 5) is 38.6. The monoisotopic (exact) mass is 497 g/mol. The van der Waals surface area contributed by atoms with Gasteiger partial charge >= 0.3 is 0 Å². The molecule has 10 nitrogen and oxygen atoms in total. The summed E-state index contributed by atoms with van der Waals surface area (Å²) in [6.07, 6.45) is 1.63. The Bertz CT molecular complexity index is 1340. The van der Waals surface area contributed by atoms with Gasteiger partial charge in [-0.25, -0.2) is 14.6 Å². The highest BCUT2D eigenvalue weighted by atomic mass is 32.1. The minimum atomic E-state index is -0.435. The SMILES string of the molecule is Cc1cc(C(=O)NNC(=O)c2sc(N3CCOCC3)nc2C)c2cnn(Cc3cccs3)c2n1. The Balaban J connectivity index is 1.31. The summed E-state index contributed by atoms with van der Waals surface area (Å²) in [6.45, 7) is 6.94. The van der Waals surface area contributed by atoms with Crippen LogP contribution in [0.25, 0.3) is 11.0 Å². The molecule has 0 radical (unpaired) electrons. The number of thiophene rings is 1. The van der Waals surface area contributed by atoms with E-state index in [4.69, 9.17) is 4.74 Å². The van der Waals surface area contributed by atoms with E-state index in [1.165, 1.54) is 11.3 Å². The van der Waals surface area contributed by atoms with Gasteiger partial charge in [0.15, 0.2) is 10.8 Å². The highest BCUT2D eigenvalue weighted by molar-refractivity contribution is 7.17. The smallest absolute Gasteiger partial charge is 0.281 e. The number of rotatable bonds is 5. The number of hydrogen-bond acceptors (Lipinski definition) is 9. The van der Waals surface area contributed by atoms with Crippen molar-refractivity contribution < 1.29 is 14.3 Å². The van der Waals surface area contributed by atoms with Gasteiger partial charge in [0.25, 0.3) is 11.8 Å². The summed E-state index contributed by atoms with van der Waals surface area (Å²) in [7, 11) is 0. The Morgan fingerprint density at radius 1 is 1.15 bits per heavy atom. The first-order valence-electron chi connectivity index (χ1n) is 10.8. The van der Waals surface area contributed by atoms with Gasteiger partial charge in [-0.3, -0.25) is 20.4 Å². The van der Waals surface area contributed by atoms with Gasteiger partial charge in [-0.15, -0.1) is 11.3 Å². The van der Waals surface area contributed by atoms with Crippen LogP contribution in [0.3, 0.4) is 0 Å². The van der Waals surface area contributed by atoms with Crippen molar-refractivity contribution >= 4 is 50.7 Å². The number of morpholine rings is 1. The maximum atomic E-state index is 13.0. The third-order valence-corrected chi connectivity index (χ3v) is 7.51. The molecule has 5 heterocycles. The van der Waals surface area contributed by atoms with E-state index in [1.807, 2.05) is 24.4 Å². The number of fused-ring (bicyclic) bond motifs is 1. The van der Waals surface area contributed by atoms with Gasteiger partial charge in [0.05, 0.1) is 42.6 Å². The van der Waals surface area contributed by atoms with Crippen molar-refractivity contribution in [2.45, 2.75) is 20.4 Å². The Kier molecular flexibility index (Phi) is 6.26. The number of carbonyl (C=O) groups excluding carboxylic acids is 2. The highest BCUT2D eigenvalue weighted by Crippen LogP contribution is 2.26. The van der Waals surface area contributed by atoms with Gasteiger partial charge in [0, 0.05) is 23.7 Å². The number of nitrogens with one attached hydrogen (secondary N) is 2. The number of aromatic nitrogens is 4. The Labute approximate surface area is 203 Å². The molecule has 1 aliphatic rings. The molecule has 0 saturated carbocycles. The zero-order chi connectivity index (χ0) is 23.7. The predicted octanol–water partition coefficient (Wildman–Crippen LogP) is 2.53. The van der Waals surface area contributed by atoms with E-state index in [1.54, 1.807) is 35.2 Å². The molecule has 0 aliphatic carbocycles. The van der Waals surface area contributed by atoms with Gasteiger partial charge in [0.1, 0.15) is 4.88 Å². The maximum absolute atomic E-state index is 13.0. The molecule has 2 amide bonds. The number of thiazole rings is 1. The fourth-order valence-corrected chi connectivity index (χ4v) is 5.45. The number of ether oxygens (including phenoxy) is 1. The standard InChI is InChI=1S/C22H23N7O3S2/c1-13-10-16(17-11-23-29(19(17)24-13)12-15-4-3-9-33-15)20(30)26-27-21(31)18-14(2)25-22(34-18)28-5-7-32-8-6-28/h3-4,9-11H,5-8,12H2,1-2H3,(H,26,30)(H,27,31). The Morgan fingerprint density at radius 3 is 2.71 bits per heavy atom. The zero-order valence-electron chi connectivity index (χ0n) is 18.7. The number of amides is 2. The molecule has 2 N–H and O–H groups in total. The maximum Gasteiger partial charge on any atom is 0.281 e. The van der Waals surface area contributed by atoms with Gasteiger partial charge < -0.3 is 9.64 Å². The summed E-state index contributed by atoms with van der Waals surface area (Å²) < 4.78 is 7.15. The van der Waals surface area contributed by atoms with E-state index in [-0.39, 0.29) is 0 Å². The fourth-order valence-electron chi connectivity index (χ4n) is 3.75. The lowest BCUT2D eigenvalue weighted by Gasteiger charge is -2.25. The summed E-state index contributed by atoms with van der Waals surface area (Å²) in [6, 6.07) is 5.71. The minimum absolute atomic E-state index is 0.398. The molecule has 0 spiro atoms. The summed E-state index contributed by atoms with van der Waals surface area (Å²) in [5, 5.41) is 7.84. The molecule has 4 aromatic heterocycles. The van der Waals surface area contributed by atoms with E-state index in [0.717, 1.165) is 23.1 Å². The van der Waals surface area contributed by atoms with Crippen LogP contribution in [0.5, 0.6) is 0 Å². The van der Waals surface area contributed by atoms with Crippen molar-refractivity contribution in [1.82, 2.24) is 30.6 Å². The first-order valence-corrected chi connectivity index (χ1v) is 12.5. The number of hydrogen-bond donors (Lipinski definition) is 2. The second kappa shape index (κ2) is 9.49. The van der Waals surface area contributed by atoms with Crippen molar-refractivity contribution in [3.63, 3.8) is 0 Å². The van der Waals surface area contributed by atoms with Crippen molar-refractivity contribution in [2.24, 2.45) is 0 Å². The van der Waals surface area contributed by atoms with Crippen molar-refractivity contribution in [3.8, 4) is 0 Å². The third kappa shape index (κ3) is 4.52. The average molecular weight is 498 g/mol. The number of aryl methyl sites for hydroxylation is 2. The molecular formula is C22H23N7O3S2. The number of anilines is 1. The Hall–Kier alpha value is -3.35. The summed E-state index contributed by atoms with van der Waals surface area (Å²) in [5.41, 5.74) is 7.38. The van der Waals surface area contributed by atoms with E-state index >= 15 is 0 Å². The average Bonchev–Trinajstić information content (AvgIpc) is 3.59. The van der Waals surface area contributed by atoms with Gasteiger partial charge in [-0.05, 0) is 31.4 Å². The first-order chi connectivity index (χ1) is 16.5. The molecule has 176 valence electrons. The van der Waals surface area contributed by atoms with Crippen LogP contribution in [0.2, 0.25) is 0 Å². The predicted molar refractivity (Wildman–Crippen MR) is 131 cm³/mol. The van der Waals surface area contributed by atoms with Crippen LogP contribution in [0, 0.1) is 13.8 Å². The second-order valence-corrected chi connectivity index (χ2v) is 9.86. The molecule has 1 aliphatic heterocycles. The molecule has 5 rings (SSSR count). The van der Waals surface area contributed by atoms with Gasteiger partial charge in [-0.2, -0.15) is 5.10 Å². The molecule has 0 atom stereocenters. The zero-order valence-corrected chi connectivity index (χ0v) is 20.3. The summed E-state index contributed by atoms with van der Waals surface area (Å²) >= 11 is 2.94. The molecule has 0 bridgehead atoms. The lowest BCUT2D eigenvalue weighted by atomic mass is 10.1. The van der Waals surface area contributed by atoms with Gasteiger partial charge in [-0.1, -0.05) is 17.4 Å². The van der Waals surface area contributed by atoms with Crippen LogP contribution in [0.1, 0.15) is 36.3 Å². The normalized spacial score (nSPS) is 13.9. The molecule has 34 heavy (non-hydrogen) atoms. The molecule has 12 heteroatoms. The highest BCUT2D eigenvalue weighted by Gasteiger charge is 2.22. The Morgan fingerprint density at radius 2 is 1.94 bits per heavy atom. The lowest BCUT2D eigenvalue weighted by molar-refractivity contribution is 0.0849. The topological polar surface area (TPSA) is 114 Å². The van der Waals surface area contributed by atoms with Crippen molar-refractivity contribution in [1.29, 1.82) is 0 Å². The van der Waals surface area contributed by atoms with Gasteiger partial charge in [0.2, 0.25) is 0 Å². The quantitative estimate of drug-likeness (QED) is 0.407. The largest absolute Gasteiger partial charge is 0.378 e. The number of hydrazine groups is 1. The van der Waals surface area contributed by atoms with E-state index in [9.17, 15) is 9.59 Å². The van der Waals surface area contributed by atoms with Crippen LogP contribution in [-0.2, 0) is 11.3 Å². The minimum Gasteiger partial charge on any atom is -0.378 e.